The number of carbonyl (C=O) groups is 2. The average molecular weight is 334 g/mol. The molecule has 0 aliphatic rings. The highest BCUT2D eigenvalue weighted by Gasteiger charge is 2.04. The molecule has 0 saturated heterocycles. The van der Waals surface area contributed by atoms with Gasteiger partial charge in [0.25, 0.3) is 0 Å². The van der Waals surface area contributed by atoms with E-state index in [1.54, 1.807) is 37.3 Å². The Morgan fingerprint density at radius 3 is 1.84 bits per heavy atom. The van der Waals surface area contributed by atoms with Gasteiger partial charge in [0.15, 0.2) is 11.6 Å². The molecule has 0 unspecified atom stereocenters. The molecule has 1 N–H and O–H groups in total. The Balaban J connectivity index is 1.94. The Morgan fingerprint density at radius 2 is 1.32 bits per heavy atom. The van der Waals surface area contributed by atoms with Crippen LogP contribution in [0.4, 0.5) is 0 Å². The zero-order valence-corrected chi connectivity index (χ0v) is 14.7. The second kappa shape index (κ2) is 8.25. The van der Waals surface area contributed by atoms with Crippen molar-refractivity contribution in [3.05, 3.63) is 76.4 Å². The molecule has 0 atom stereocenters. The third-order valence-electron chi connectivity index (χ3n) is 4.02. The molecule has 25 heavy (non-hydrogen) atoms. The number of rotatable bonds is 6. The van der Waals surface area contributed by atoms with Crippen molar-refractivity contribution in [2.75, 3.05) is 0 Å². The van der Waals surface area contributed by atoms with Crippen LogP contribution in [0.25, 0.3) is 12.2 Å². The molecule has 128 valence electrons. The van der Waals surface area contributed by atoms with E-state index < -0.39 is 0 Å². The number of benzene rings is 2. The first-order chi connectivity index (χ1) is 11.8. The third kappa shape index (κ3) is 5.57. The van der Waals surface area contributed by atoms with Gasteiger partial charge in [0.2, 0.25) is 0 Å². The summed E-state index contributed by atoms with van der Waals surface area (Å²) in [5.41, 5.74) is 4.86. The number of allylic oxidation sites excluding steroid dienone is 2. The summed E-state index contributed by atoms with van der Waals surface area (Å²) < 4.78 is 0. The maximum absolute atomic E-state index is 11.9. The minimum absolute atomic E-state index is 0.158. The van der Waals surface area contributed by atoms with Gasteiger partial charge in [-0.25, -0.2) is 0 Å². The number of carbonyl (C=O) groups excluding carboxylic acids is 2. The van der Waals surface area contributed by atoms with E-state index in [0.29, 0.717) is 0 Å². The summed E-state index contributed by atoms with van der Waals surface area (Å²) in [6.07, 6.45) is 6.06. The molecule has 0 amide bonds. The highest BCUT2D eigenvalue weighted by atomic mass is 16.3. The molecule has 0 spiro atoms. The van der Waals surface area contributed by atoms with Gasteiger partial charge in [0, 0.05) is 0 Å². The standard InChI is InChI=1S/C22H22O3/c1-15-4-5-18(12-16(15)2)6-9-20(23)14-21(24)10-7-19-8-11-22(25)17(3)13-19/h4-13,25H,14H2,1-3H3/b9-6+,10-7+. The smallest absolute Gasteiger partial charge is 0.163 e. The molecule has 0 aromatic heterocycles. The zero-order valence-electron chi connectivity index (χ0n) is 14.7. The predicted molar refractivity (Wildman–Crippen MR) is 101 cm³/mol. The predicted octanol–water partition coefficient (Wildman–Crippen LogP) is 4.57. The van der Waals surface area contributed by atoms with Crippen LogP contribution < -0.4 is 0 Å². The normalized spacial score (nSPS) is 11.3. The van der Waals surface area contributed by atoms with Crippen molar-refractivity contribution in [1.29, 1.82) is 0 Å². The topological polar surface area (TPSA) is 54.4 Å². The Kier molecular flexibility index (Phi) is 6.07. The maximum Gasteiger partial charge on any atom is 0.163 e. The fourth-order valence-electron chi connectivity index (χ4n) is 2.32. The van der Waals surface area contributed by atoms with Crippen LogP contribution in [0.5, 0.6) is 5.75 Å². The molecule has 0 aliphatic carbocycles. The number of phenolic OH excluding ortho intramolecular Hbond substituents is 1. The number of hydrogen-bond acceptors (Lipinski definition) is 3. The van der Waals surface area contributed by atoms with E-state index in [9.17, 15) is 14.7 Å². The van der Waals surface area contributed by atoms with Gasteiger partial charge in [-0.1, -0.05) is 36.4 Å². The minimum Gasteiger partial charge on any atom is -0.508 e. The summed E-state index contributed by atoms with van der Waals surface area (Å²) in [6, 6.07) is 11.0. The van der Waals surface area contributed by atoms with Gasteiger partial charge in [-0.3, -0.25) is 9.59 Å². The SMILES string of the molecule is Cc1ccc(/C=C/C(=O)CC(=O)/C=C/c2ccc(O)c(C)c2)cc1C. The zero-order chi connectivity index (χ0) is 18.4. The lowest BCUT2D eigenvalue weighted by Crippen LogP contribution is -2.01. The van der Waals surface area contributed by atoms with Gasteiger partial charge < -0.3 is 5.11 Å². The van der Waals surface area contributed by atoms with Crippen LogP contribution in [0, 0.1) is 20.8 Å². The van der Waals surface area contributed by atoms with Crippen molar-refractivity contribution in [1.82, 2.24) is 0 Å². The molecule has 2 rings (SSSR count). The number of aromatic hydroxyl groups is 1. The third-order valence-corrected chi connectivity index (χ3v) is 4.02. The molecule has 0 bridgehead atoms. The van der Waals surface area contributed by atoms with Crippen molar-refractivity contribution in [2.24, 2.45) is 0 Å². The molecule has 0 fully saturated rings. The van der Waals surface area contributed by atoms with E-state index >= 15 is 0 Å². The van der Waals surface area contributed by atoms with Crippen molar-refractivity contribution in [2.45, 2.75) is 27.2 Å². The summed E-state index contributed by atoms with van der Waals surface area (Å²) in [5, 5.41) is 9.48. The minimum atomic E-state index is -0.250. The van der Waals surface area contributed by atoms with Crippen molar-refractivity contribution in [3.8, 4) is 5.75 Å². The fourth-order valence-corrected chi connectivity index (χ4v) is 2.32. The van der Waals surface area contributed by atoms with Crippen LogP contribution in [0.15, 0.2) is 48.6 Å². The lowest BCUT2D eigenvalue weighted by atomic mass is 10.1. The van der Waals surface area contributed by atoms with Crippen LogP contribution in [0.1, 0.15) is 34.2 Å². The van der Waals surface area contributed by atoms with Crippen molar-refractivity contribution in [3.63, 3.8) is 0 Å². The second-order valence-corrected chi connectivity index (χ2v) is 6.17. The largest absolute Gasteiger partial charge is 0.508 e. The number of aryl methyl sites for hydroxylation is 3. The van der Waals surface area contributed by atoms with E-state index in [2.05, 4.69) is 0 Å². The van der Waals surface area contributed by atoms with Crippen LogP contribution in [0.3, 0.4) is 0 Å². The molecular weight excluding hydrogens is 312 g/mol. The molecular formula is C22H22O3. The molecule has 0 heterocycles. The molecule has 0 saturated carbocycles. The van der Waals surface area contributed by atoms with E-state index in [1.165, 1.54) is 17.7 Å². The Labute approximate surface area is 148 Å². The number of ketones is 2. The summed E-state index contributed by atoms with van der Waals surface area (Å²) in [4.78, 5) is 23.8. The van der Waals surface area contributed by atoms with Gasteiger partial charge in [-0.2, -0.15) is 0 Å². The van der Waals surface area contributed by atoms with E-state index in [4.69, 9.17) is 0 Å². The maximum atomic E-state index is 11.9. The molecule has 3 nitrogen and oxygen atoms in total. The molecule has 2 aromatic carbocycles. The van der Waals surface area contributed by atoms with Gasteiger partial charge in [-0.15, -0.1) is 0 Å². The van der Waals surface area contributed by atoms with Crippen LogP contribution in [-0.4, -0.2) is 16.7 Å². The first-order valence-electron chi connectivity index (χ1n) is 8.14. The van der Waals surface area contributed by atoms with Crippen LogP contribution in [-0.2, 0) is 9.59 Å². The first kappa shape index (κ1) is 18.4. The van der Waals surface area contributed by atoms with Crippen molar-refractivity contribution < 1.29 is 14.7 Å². The highest BCUT2D eigenvalue weighted by molar-refractivity contribution is 6.10. The van der Waals surface area contributed by atoms with Gasteiger partial charge in [0.05, 0.1) is 6.42 Å². The highest BCUT2D eigenvalue weighted by Crippen LogP contribution is 2.17. The van der Waals surface area contributed by atoms with Gasteiger partial charge >= 0.3 is 0 Å². The molecule has 2 aromatic rings. The van der Waals surface area contributed by atoms with E-state index in [1.807, 2.05) is 32.0 Å². The average Bonchev–Trinajstić information content (AvgIpc) is 2.57. The van der Waals surface area contributed by atoms with Crippen LogP contribution in [0.2, 0.25) is 0 Å². The summed E-state index contributed by atoms with van der Waals surface area (Å²) >= 11 is 0. The van der Waals surface area contributed by atoms with Gasteiger partial charge in [0.1, 0.15) is 5.75 Å². The number of phenols is 1. The molecule has 3 heteroatoms. The Hall–Kier alpha value is -2.94. The van der Waals surface area contributed by atoms with E-state index in [-0.39, 0.29) is 23.7 Å². The summed E-state index contributed by atoms with van der Waals surface area (Å²) in [5.74, 6) is -0.259. The first-order valence-corrected chi connectivity index (χ1v) is 8.14. The Morgan fingerprint density at radius 1 is 0.800 bits per heavy atom. The van der Waals surface area contributed by atoms with E-state index in [0.717, 1.165) is 22.3 Å². The Bertz CT molecular complexity index is 786. The molecule has 0 radical (unpaired) electrons. The van der Waals surface area contributed by atoms with Gasteiger partial charge in [-0.05, 0) is 72.9 Å². The fraction of sp³-hybridized carbons (Fsp3) is 0.182. The van der Waals surface area contributed by atoms with Crippen molar-refractivity contribution >= 4 is 23.7 Å². The second-order valence-electron chi connectivity index (χ2n) is 6.17. The quantitative estimate of drug-likeness (QED) is 0.622. The number of hydrogen-bond donors (Lipinski definition) is 1. The molecule has 0 aliphatic heterocycles. The lowest BCUT2D eigenvalue weighted by Gasteiger charge is -2.00. The summed E-state index contributed by atoms with van der Waals surface area (Å²) in [7, 11) is 0. The summed E-state index contributed by atoms with van der Waals surface area (Å²) in [6.45, 7) is 5.85. The van der Waals surface area contributed by atoms with Crippen LogP contribution >= 0.6 is 0 Å². The monoisotopic (exact) mass is 334 g/mol. The lowest BCUT2D eigenvalue weighted by molar-refractivity contribution is -0.121.